The highest BCUT2D eigenvalue weighted by Crippen LogP contribution is 2.11. The number of esters is 1. The Morgan fingerprint density at radius 1 is 0.960 bits per heavy atom. The van der Waals surface area contributed by atoms with Crippen molar-refractivity contribution in [3.8, 4) is 5.75 Å². The topological polar surface area (TPSA) is 35.5 Å². The number of hydrogen-bond donors (Lipinski definition) is 0. The zero-order valence-electron chi connectivity index (χ0n) is 14.6. The highest BCUT2D eigenvalue weighted by atomic mass is 16.5. The van der Waals surface area contributed by atoms with Gasteiger partial charge in [0.2, 0.25) is 0 Å². The predicted octanol–water partition coefficient (Wildman–Crippen LogP) is 5.14. The fourth-order valence-corrected chi connectivity index (χ4v) is 2.20. The van der Waals surface area contributed by atoms with Gasteiger partial charge >= 0.3 is 5.97 Å². The smallest absolute Gasteiger partial charge is 0.330 e. The fourth-order valence-electron chi connectivity index (χ4n) is 2.20. The number of benzene rings is 2. The van der Waals surface area contributed by atoms with E-state index < -0.39 is 0 Å². The van der Waals surface area contributed by atoms with Crippen molar-refractivity contribution in [1.29, 1.82) is 0 Å². The third-order valence-electron chi connectivity index (χ3n) is 3.47. The molecule has 0 aliphatic rings. The molecule has 0 aliphatic carbocycles. The summed E-state index contributed by atoms with van der Waals surface area (Å²) in [4.78, 5) is 11.3. The van der Waals surface area contributed by atoms with E-state index in [9.17, 15) is 4.79 Å². The molecule has 0 aromatic heterocycles. The van der Waals surface area contributed by atoms with Crippen molar-refractivity contribution in [1.82, 2.24) is 0 Å². The van der Waals surface area contributed by atoms with Crippen molar-refractivity contribution in [3.63, 3.8) is 0 Å². The molecule has 0 N–H and O–H groups in total. The number of allylic oxidation sites excluding steroid dienone is 1. The van der Waals surface area contributed by atoms with E-state index in [1.807, 2.05) is 54.6 Å². The van der Waals surface area contributed by atoms with Gasteiger partial charge in [0, 0.05) is 6.08 Å². The lowest BCUT2D eigenvalue weighted by molar-refractivity contribution is -0.137. The van der Waals surface area contributed by atoms with Crippen molar-refractivity contribution < 1.29 is 14.3 Å². The molecular weight excluding hydrogens is 312 g/mol. The Labute approximate surface area is 149 Å². The number of hydrogen-bond acceptors (Lipinski definition) is 3. The third kappa shape index (κ3) is 7.53. The lowest BCUT2D eigenvalue weighted by atomic mass is 10.1. The average molecular weight is 336 g/mol. The normalized spacial score (nSPS) is 11.1. The zero-order valence-corrected chi connectivity index (χ0v) is 14.6. The molecule has 0 atom stereocenters. The van der Waals surface area contributed by atoms with Crippen LogP contribution in [-0.2, 0) is 9.53 Å². The van der Waals surface area contributed by atoms with E-state index in [0.717, 1.165) is 29.7 Å². The zero-order chi connectivity index (χ0) is 17.7. The quantitative estimate of drug-likeness (QED) is 0.361. The van der Waals surface area contributed by atoms with Crippen LogP contribution in [0.25, 0.3) is 12.2 Å². The molecular formula is C22H24O3. The molecule has 2 aromatic rings. The molecule has 0 bridgehead atoms. The fraction of sp³-hybridized carbons (Fsp3) is 0.227. The van der Waals surface area contributed by atoms with E-state index in [1.165, 1.54) is 6.08 Å². The summed E-state index contributed by atoms with van der Waals surface area (Å²) in [6.07, 6.45) is 9.40. The predicted molar refractivity (Wildman–Crippen MR) is 102 cm³/mol. The minimum Gasteiger partial charge on any atom is -0.494 e. The van der Waals surface area contributed by atoms with E-state index in [0.29, 0.717) is 13.2 Å². The lowest BCUT2D eigenvalue weighted by Gasteiger charge is -2.03. The maximum atomic E-state index is 11.3. The first kappa shape index (κ1) is 18.5. The van der Waals surface area contributed by atoms with Crippen LogP contribution >= 0.6 is 0 Å². The summed E-state index contributed by atoms with van der Waals surface area (Å²) in [6, 6.07) is 17.9. The summed E-state index contributed by atoms with van der Waals surface area (Å²) in [6.45, 7) is 2.90. The van der Waals surface area contributed by atoms with Crippen LogP contribution in [0.5, 0.6) is 5.75 Å². The van der Waals surface area contributed by atoms with Crippen LogP contribution in [0.15, 0.2) is 66.7 Å². The number of para-hydroxylation sites is 1. The minimum atomic E-state index is -0.316. The van der Waals surface area contributed by atoms with Crippen molar-refractivity contribution in [2.75, 3.05) is 13.2 Å². The minimum absolute atomic E-state index is 0.316. The largest absolute Gasteiger partial charge is 0.494 e. The lowest BCUT2D eigenvalue weighted by Crippen LogP contribution is -1.98. The molecule has 130 valence electrons. The Morgan fingerprint density at radius 2 is 1.64 bits per heavy atom. The van der Waals surface area contributed by atoms with E-state index in [-0.39, 0.29) is 5.97 Å². The molecule has 2 aromatic carbocycles. The van der Waals surface area contributed by atoms with Gasteiger partial charge in [-0.15, -0.1) is 0 Å². The molecule has 0 saturated heterocycles. The van der Waals surface area contributed by atoms with E-state index in [1.54, 1.807) is 13.0 Å². The van der Waals surface area contributed by atoms with Gasteiger partial charge in [0.25, 0.3) is 0 Å². The SMILES string of the molecule is CCOC(=O)/C=C/c1ccc(C=CCCCOc2ccccc2)cc1. The van der Waals surface area contributed by atoms with Gasteiger partial charge < -0.3 is 9.47 Å². The van der Waals surface area contributed by atoms with E-state index in [4.69, 9.17) is 9.47 Å². The maximum Gasteiger partial charge on any atom is 0.330 e. The van der Waals surface area contributed by atoms with Gasteiger partial charge in [-0.25, -0.2) is 4.79 Å². The number of carbonyl (C=O) groups excluding carboxylic acids is 1. The number of ether oxygens (including phenoxy) is 2. The van der Waals surface area contributed by atoms with Gasteiger partial charge in [-0.1, -0.05) is 54.6 Å². The van der Waals surface area contributed by atoms with Gasteiger partial charge in [0.15, 0.2) is 0 Å². The molecule has 0 saturated carbocycles. The molecule has 0 spiro atoms. The summed E-state index contributed by atoms with van der Waals surface area (Å²) in [5.41, 5.74) is 2.11. The summed E-state index contributed by atoms with van der Waals surface area (Å²) in [7, 11) is 0. The molecule has 0 radical (unpaired) electrons. The van der Waals surface area contributed by atoms with Crippen molar-refractivity contribution in [2.45, 2.75) is 19.8 Å². The van der Waals surface area contributed by atoms with E-state index >= 15 is 0 Å². The molecule has 2 rings (SSSR count). The molecule has 0 fully saturated rings. The highest BCUT2D eigenvalue weighted by Gasteiger charge is 1.94. The van der Waals surface area contributed by atoms with Crippen LogP contribution in [0.3, 0.4) is 0 Å². The second kappa shape index (κ2) is 10.9. The Morgan fingerprint density at radius 3 is 2.32 bits per heavy atom. The Kier molecular flexibility index (Phi) is 8.06. The first-order valence-electron chi connectivity index (χ1n) is 8.57. The van der Waals surface area contributed by atoms with Crippen LogP contribution in [0.2, 0.25) is 0 Å². The Bertz CT molecular complexity index is 685. The maximum absolute atomic E-state index is 11.3. The van der Waals surface area contributed by atoms with Crippen LogP contribution in [0, 0.1) is 0 Å². The number of rotatable bonds is 9. The molecule has 0 amide bonds. The third-order valence-corrected chi connectivity index (χ3v) is 3.47. The second-order valence-corrected chi connectivity index (χ2v) is 5.46. The second-order valence-electron chi connectivity index (χ2n) is 5.46. The van der Waals surface area contributed by atoms with Gasteiger partial charge in [-0.05, 0) is 49.1 Å². The van der Waals surface area contributed by atoms with Gasteiger partial charge in [-0.2, -0.15) is 0 Å². The van der Waals surface area contributed by atoms with Crippen molar-refractivity contribution >= 4 is 18.1 Å². The van der Waals surface area contributed by atoms with Crippen molar-refractivity contribution in [3.05, 3.63) is 77.9 Å². The average Bonchev–Trinajstić information content (AvgIpc) is 2.65. The summed E-state index contributed by atoms with van der Waals surface area (Å²) in [5.74, 6) is 0.599. The van der Waals surface area contributed by atoms with Crippen molar-refractivity contribution in [2.24, 2.45) is 0 Å². The Balaban J connectivity index is 1.69. The monoisotopic (exact) mass is 336 g/mol. The van der Waals surface area contributed by atoms with Crippen LogP contribution in [0.4, 0.5) is 0 Å². The summed E-state index contributed by atoms with van der Waals surface area (Å²) >= 11 is 0. The first-order chi connectivity index (χ1) is 12.3. The van der Waals surface area contributed by atoms with Gasteiger partial charge in [-0.3, -0.25) is 0 Å². The molecule has 3 nitrogen and oxygen atoms in total. The van der Waals surface area contributed by atoms with Crippen LogP contribution < -0.4 is 4.74 Å². The molecule has 0 aliphatic heterocycles. The number of carbonyl (C=O) groups is 1. The molecule has 3 heteroatoms. The van der Waals surface area contributed by atoms with Crippen LogP contribution in [0.1, 0.15) is 30.9 Å². The standard InChI is InChI=1S/C22H24O3/c1-2-24-22(23)17-16-20-14-12-19(13-15-20)9-5-4-8-18-25-21-10-6-3-7-11-21/h3,5-7,9-17H,2,4,8,18H2,1H3/b9-5?,17-16+. The molecule has 0 unspecified atom stereocenters. The summed E-state index contributed by atoms with van der Waals surface area (Å²) in [5, 5.41) is 0. The highest BCUT2D eigenvalue weighted by molar-refractivity contribution is 5.87. The Hall–Kier alpha value is -2.81. The first-order valence-corrected chi connectivity index (χ1v) is 8.57. The summed E-state index contributed by atoms with van der Waals surface area (Å²) < 4.78 is 10.5. The molecule has 0 heterocycles. The van der Waals surface area contributed by atoms with Gasteiger partial charge in [0.1, 0.15) is 5.75 Å². The van der Waals surface area contributed by atoms with E-state index in [2.05, 4.69) is 12.2 Å². The van der Waals surface area contributed by atoms with Crippen LogP contribution in [-0.4, -0.2) is 19.2 Å². The molecule has 25 heavy (non-hydrogen) atoms. The van der Waals surface area contributed by atoms with Gasteiger partial charge in [0.05, 0.1) is 13.2 Å². The number of unbranched alkanes of at least 4 members (excludes halogenated alkanes) is 1.